The first-order chi connectivity index (χ1) is 31.1. The Morgan fingerprint density at radius 2 is 1.10 bits per heavy atom. The van der Waals surface area contributed by atoms with Gasteiger partial charge in [-0.1, -0.05) is 133 Å². The minimum absolute atomic E-state index is 0.189. The van der Waals surface area contributed by atoms with E-state index >= 15 is 0 Å². The lowest BCUT2D eigenvalue weighted by molar-refractivity contribution is 1.18. The van der Waals surface area contributed by atoms with Crippen LogP contribution in [0, 0.1) is 0 Å². The monoisotopic (exact) mass is 682 g/mol. The number of fused-ring (bicyclic) bond motifs is 6. The van der Waals surface area contributed by atoms with E-state index in [0.29, 0.717) is 10.8 Å². The number of nitrogens with zero attached hydrogens (tertiary/aromatic N) is 2. The highest BCUT2D eigenvalue weighted by Crippen LogP contribution is 2.48. The summed E-state index contributed by atoms with van der Waals surface area (Å²) < 4.78 is 127. The average molecular weight is 683 g/mol. The SMILES string of the molecule is [2H]c1c([2H])c([2H])c(-c2c([2H])c([2H])c(N(c3c([2H])c([2H])c([2H])c([2H])c3[2H])c3ccc(-c4cccc(-n5c6ccccc6c6ccccc65)c4)c4sc5ccccc5c34)c([2H])c2[2H])c([2H])c1[2H]. The average Bonchev–Trinajstić information content (AvgIpc) is 3.88. The van der Waals surface area contributed by atoms with Crippen molar-refractivity contribution in [1.29, 1.82) is 0 Å². The lowest BCUT2D eigenvalue weighted by atomic mass is 9.99. The van der Waals surface area contributed by atoms with E-state index < -0.39 is 107 Å². The molecule has 51 heavy (non-hydrogen) atoms. The van der Waals surface area contributed by atoms with Crippen molar-refractivity contribution in [2.75, 3.05) is 4.90 Å². The molecular formula is C48H32N2S. The zero-order valence-electron chi connectivity index (χ0n) is 40.7. The third-order valence-electron chi connectivity index (χ3n) is 9.04. The summed E-state index contributed by atoms with van der Waals surface area (Å²) in [6.45, 7) is 0. The van der Waals surface area contributed by atoms with Crippen LogP contribution in [0.25, 0.3) is 69.9 Å². The van der Waals surface area contributed by atoms with Gasteiger partial charge >= 0.3 is 0 Å². The van der Waals surface area contributed by atoms with Gasteiger partial charge in [-0.15, -0.1) is 11.3 Å². The van der Waals surface area contributed by atoms with E-state index in [1.807, 2.05) is 72.8 Å². The van der Waals surface area contributed by atoms with Crippen LogP contribution in [0.1, 0.15) is 19.2 Å². The van der Waals surface area contributed by atoms with Crippen molar-refractivity contribution in [3.8, 4) is 27.9 Å². The topological polar surface area (TPSA) is 8.17 Å². The van der Waals surface area contributed by atoms with Gasteiger partial charge in [0.05, 0.1) is 35.9 Å². The number of aromatic nitrogens is 1. The molecule has 0 amide bonds. The second-order valence-corrected chi connectivity index (χ2v) is 12.9. The molecule has 3 heteroatoms. The van der Waals surface area contributed by atoms with Crippen molar-refractivity contribution >= 4 is 70.4 Å². The number of para-hydroxylation sites is 3. The molecule has 0 saturated heterocycles. The summed E-state index contributed by atoms with van der Waals surface area (Å²) in [6, 6.07) is 25.5. The molecule has 10 rings (SSSR count). The second-order valence-electron chi connectivity index (χ2n) is 11.9. The molecule has 2 heterocycles. The second kappa shape index (κ2) is 12.2. The van der Waals surface area contributed by atoms with Gasteiger partial charge in [-0.05, 0) is 82.8 Å². The molecule has 0 aliphatic heterocycles. The quantitative estimate of drug-likeness (QED) is 0.169. The summed E-state index contributed by atoms with van der Waals surface area (Å²) in [5, 5.41) is 3.47. The van der Waals surface area contributed by atoms with Crippen LogP contribution < -0.4 is 4.90 Å². The molecule has 2 nitrogen and oxygen atoms in total. The minimum Gasteiger partial charge on any atom is -0.310 e. The first-order valence-electron chi connectivity index (χ1n) is 23.2. The summed E-state index contributed by atoms with van der Waals surface area (Å²) in [4.78, 5) is 1.17. The summed E-state index contributed by atoms with van der Waals surface area (Å²) in [5.41, 5.74) is 2.78. The summed E-state index contributed by atoms with van der Waals surface area (Å²) in [7, 11) is 0. The number of anilines is 3. The number of hydrogen-bond donors (Lipinski definition) is 0. The molecule has 0 unspecified atom stereocenters. The van der Waals surface area contributed by atoms with E-state index in [0.717, 1.165) is 48.0 Å². The van der Waals surface area contributed by atoms with Gasteiger partial charge in [0.1, 0.15) is 0 Å². The molecule has 0 aliphatic rings. The van der Waals surface area contributed by atoms with Crippen LogP contribution in [0.15, 0.2) is 194 Å². The molecule has 0 saturated carbocycles. The van der Waals surface area contributed by atoms with Gasteiger partial charge in [0.15, 0.2) is 0 Å². The molecule has 0 aliphatic carbocycles. The van der Waals surface area contributed by atoms with Crippen LogP contribution in [0.5, 0.6) is 0 Å². The highest BCUT2D eigenvalue weighted by atomic mass is 32.1. The summed E-state index contributed by atoms with van der Waals surface area (Å²) in [5.74, 6) is 0. The van der Waals surface area contributed by atoms with E-state index in [1.54, 1.807) is 6.07 Å². The van der Waals surface area contributed by atoms with Crippen molar-refractivity contribution in [2.45, 2.75) is 0 Å². The van der Waals surface area contributed by atoms with E-state index in [1.165, 1.54) is 16.2 Å². The molecule has 2 aromatic heterocycles. The minimum atomic E-state index is -0.762. The number of rotatable bonds is 6. The maximum Gasteiger partial charge on any atom is 0.0645 e. The van der Waals surface area contributed by atoms with Gasteiger partial charge in [0.2, 0.25) is 0 Å². The molecule has 240 valence electrons. The number of benzene rings is 8. The summed E-state index contributed by atoms with van der Waals surface area (Å²) in [6.07, 6.45) is 0. The molecule has 8 aromatic carbocycles. The fourth-order valence-corrected chi connectivity index (χ4v) is 8.12. The molecule has 10 aromatic rings. The maximum atomic E-state index is 9.51. The Bertz CT molecular complexity index is 3550. The van der Waals surface area contributed by atoms with Crippen molar-refractivity contribution in [2.24, 2.45) is 0 Å². The predicted octanol–water partition coefficient (Wildman–Crippen LogP) is 14.0. The van der Waals surface area contributed by atoms with Crippen LogP contribution in [0.4, 0.5) is 17.1 Å². The Morgan fingerprint density at radius 3 is 1.82 bits per heavy atom. The fraction of sp³-hybridized carbons (Fsp3) is 0. The number of thiophene rings is 1. The predicted molar refractivity (Wildman–Crippen MR) is 219 cm³/mol. The first kappa shape index (κ1) is 18.5. The van der Waals surface area contributed by atoms with Crippen molar-refractivity contribution in [3.63, 3.8) is 0 Å². The largest absolute Gasteiger partial charge is 0.310 e. The highest BCUT2D eigenvalue weighted by molar-refractivity contribution is 7.26. The van der Waals surface area contributed by atoms with Gasteiger partial charge in [-0.25, -0.2) is 0 Å². The van der Waals surface area contributed by atoms with Crippen LogP contribution in [-0.2, 0) is 0 Å². The van der Waals surface area contributed by atoms with Gasteiger partial charge in [0, 0.05) is 48.0 Å². The molecule has 0 N–H and O–H groups in total. The summed E-state index contributed by atoms with van der Waals surface area (Å²) >= 11 is 1.46. The molecule has 0 fully saturated rings. The van der Waals surface area contributed by atoms with Crippen molar-refractivity contribution < 1.29 is 19.2 Å². The lowest BCUT2D eigenvalue weighted by Gasteiger charge is -2.27. The van der Waals surface area contributed by atoms with E-state index in [2.05, 4.69) is 34.9 Å². The third-order valence-corrected chi connectivity index (χ3v) is 10.2. The van der Waals surface area contributed by atoms with Crippen LogP contribution in [-0.4, -0.2) is 4.57 Å². The standard InChI is InChI=1S/C48H32N2S/c1-3-14-33(15-4-1)34-26-28-37(29-27-34)49(36-17-5-2-6-18-36)45-31-30-39(48-47(45)42-22-9-12-25-46(42)51-48)35-16-13-19-38(32-35)50-43-23-10-7-20-40(43)41-21-8-11-24-44(41)50/h1-32H/i1D,2D,3D,4D,5D,6D,14D,15D,17D,18D,26D,27D,28D,29D. The normalized spacial score (nSPS) is 15.4. The first-order valence-corrected chi connectivity index (χ1v) is 17.0. The van der Waals surface area contributed by atoms with Crippen molar-refractivity contribution in [3.05, 3.63) is 194 Å². The Morgan fingerprint density at radius 1 is 0.490 bits per heavy atom. The van der Waals surface area contributed by atoms with E-state index in [-0.39, 0.29) is 5.69 Å². The molecule has 0 radical (unpaired) electrons. The van der Waals surface area contributed by atoms with E-state index in [9.17, 15) is 8.22 Å². The molecular weight excluding hydrogens is 637 g/mol. The smallest absolute Gasteiger partial charge is 0.0645 e. The van der Waals surface area contributed by atoms with Crippen LogP contribution in [0.2, 0.25) is 0 Å². The van der Waals surface area contributed by atoms with Gasteiger partial charge < -0.3 is 9.47 Å². The Kier molecular flexibility index (Phi) is 4.42. The van der Waals surface area contributed by atoms with Gasteiger partial charge in [-0.3, -0.25) is 0 Å². The van der Waals surface area contributed by atoms with E-state index in [4.69, 9.17) is 11.0 Å². The zero-order chi connectivity index (χ0) is 45.9. The lowest BCUT2D eigenvalue weighted by Crippen LogP contribution is -2.10. The Labute approximate surface area is 320 Å². The molecule has 0 spiro atoms. The van der Waals surface area contributed by atoms with Crippen LogP contribution >= 0.6 is 11.3 Å². The Balaban J connectivity index is 1.28. The molecule has 0 atom stereocenters. The van der Waals surface area contributed by atoms with Gasteiger partial charge in [0.25, 0.3) is 0 Å². The Hall–Kier alpha value is -6.42. The third kappa shape index (κ3) is 4.93. The van der Waals surface area contributed by atoms with Crippen molar-refractivity contribution in [1.82, 2.24) is 4.57 Å². The zero-order valence-corrected chi connectivity index (χ0v) is 27.5. The number of hydrogen-bond acceptors (Lipinski definition) is 2. The highest BCUT2D eigenvalue weighted by Gasteiger charge is 2.21. The molecule has 0 bridgehead atoms. The maximum absolute atomic E-state index is 9.51. The van der Waals surface area contributed by atoms with Gasteiger partial charge in [-0.2, -0.15) is 0 Å². The van der Waals surface area contributed by atoms with Crippen LogP contribution in [0.3, 0.4) is 0 Å². The fourth-order valence-electron chi connectivity index (χ4n) is 6.86.